The number of carbonyl (C=O) groups is 1. The molecule has 4 nitrogen and oxygen atoms in total. The van der Waals surface area contributed by atoms with E-state index in [2.05, 4.69) is 10.3 Å². The van der Waals surface area contributed by atoms with Gasteiger partial charge in [-0.1, -0.05) is 6.07 Å². The molecule has 3 N–H and O–H groups in total. The van der Waals surface area contributed by atoms with E-state index in [0.717, 1.165) is 33.3 Å². The lowest BCUT2D eigenvalue weighted by molar-refractivity contribution is -0.128. The largest absolute Gasteiger partial charge is 0.384 e. The average Bonchev–Trinajstić information content (AvgIpc) is 2.90. The molecule has 24 heavy (non-hydrogen) atoms. The predicted molar refractivity (Wildman–Crippen MR) is 92.0 cm³/mol. The summed E-state index contributed by atoms with van der Waals surface area (Å²) >= 11 is 0. The first-order chi connectivity index (χ1) is 11.5. The minimum absolute atomic E-state index is 0.261. The summed E-state index contributed by atoms with van der Waals surface area (Å²) < 4.78 is 13.1. The van der Waals surface area contributed by atoms with Gasteiger partial charge in [-0.05, 0) is 66.9 Å². The number of aromatic amines is 1. The molecule has 1 atom stereocenters. The summed E-state index contributed by atoms with van der Waals surface area (Å²) in [5.41, 5.74) is 4.88. The van der Waals surface area contributed by atoms with E-state index in [4.69, 9.17) is 0 Å². The number of amides is 1. The molecule has 3 rings (SSSR count). The van der Waals surface area contributed by atoms with E-state index in [1.54, 1.807) is 12.1 Å². The van der Waals surface area contributed by atoms with Crippen molar-refractivity contribution in [2.45, 2.75) is 26.5 Å². The minimum Gasteiger partial charge on any atom is -0.384 e. The van der Waals surface area contributed by atoms with Crippen LogP contribution in [-0.2, 0) is 11.3 Å². The molecule has 0 radical (unpaired) electrons. The Morgan fingerprint density at radius 1 is 1.25 bits per heavy atom. The van der Waals surface area contributed by atoms with Crippen molar-refractivity contribution in [1.82, 2.24) is 10.3 Å². The van der Waals surface area contributed by atoms with Gasteiger partial charge in [-0.25, -0.2) is 4.39 Å². The molecule has 5 heteroatoms. The lowest BCUT2D eigenvalue weighted by atomic mass is 10.0. The Morgan fingerprint density at radius 2 is 1.96 bits per heavy atom. The molecule has 0 aliphatic carbocycles. The maximum absolute atomic E-state index is 13.1. The molecule has 124 valence electrons. The van der Waals surface area contributed by atoms with Gasteiger partial charge < -0.3 is 15.4 Å². The number of hydrogen-bond acceptors (Lipinski definition) is 2. The molecule has 2 aromatic carbocycles. The quantitative estimate of drug-likeness (QED) is 0.689. The average molecular weight is 326 g/mol. The third-order valence-corrected chi connectivity index (χ3v) is 4.10. The monoisotopic (exact) mass is 326 g/mol. The van der Waals surface area contributed by atoms with Crippen molar-refractivity contribution in [1.29, 1.82) is 0 Å². The second-order valence-electron chi connectivity index (χ2n) is 5.91. The van der Waals surface area contributed by atoms with Crippen LogP contribution in [0.15, 0.2) is 42.5 Å². The van der Waals surface area contributed by atoms with Crippen molar-refractivity contribution < 1.29 is 14.3 Å². The molecule has 1 amide bonds. The number of aromatic nitrogens is 1. The molecular formula is C19H19FN2O2. The highest BCUT2D eigenvalue weighted by molar-refractivity contribution is 5.91. The van der Waals surface area contributed by atoms with Gasteiger partial charge in [-0.15, -0.1) is 0 Å². The highest BCUT2D eigenvalue weighted by Crippen LogP contribution is 2.30. The van der Waals surface area contributed by atoms with E-state index in [-0.39, 0.29) is 5.82 Å². The van der Waals surface area contributed by atoms with Gasteiger partial charge in [0.2, 0.25) is 5.91 Å². The number of halogens is 1. The van der Waals surface area contributed by atoms with Gasteiger partial charge in [-0.2, -0.15) is 0 Å². The Hall–Kier alpha value is -2.66. The van der Waals surface area contributed by atoms with E-state index >= 15 is 0 Å². The number of aliphatic hydroxyl groups is 1. The zero-order valence-electron chi connectivity index (χ0n) is 13.6. The summed E-state index contributed by atoms with van der Waals surface area (Å²) in [5.74, 6) is -0.656. The molecule has 1 heterocycles. The van der Waals surface area contributed by atoms with Gasteiger partial charge >= 0.3 is 0 Å². The molecule has 0 bridgehead atoms. The number of H-pyrrole nitrogens is 1. The van der Waals surface area contributed by atoms with E-state index in [0.29, 0.717) is 6.54 Å². The summed E-state index contributed by atoms with van der Waals surface area (Å²) in [6, 6.07) is 12.3. The summed E-state index contributed by atoms with van der Waals surface area (Å²) in [4.78, 5) is 14.8. The lowest BCUT2D eigenvalue weighted by Crippen LogP contribution is -2.31. The van der Waals surface area contributed by atoms with Crippen LogP contribution < -0.4 is 5.32 Å². The Morgan fingerprint density at radius 3 is 2.62 bits per heavy atom. The number of carbonyl (C=O) groups excluding carboxylic acids is 1. The maximum Gasteiger partial charge on any atom is 0.248 e. The van der Waals surface area contributed by atoms with Crippen LogP contribution in [0, 0.1) is 12.7 Å². The standard InChI is InChI=1S/C19H19FN2O2/c1-11-16-9-13(10-21-19(24)12(2)23)3-8-17(16)22-18(11)14-4-6-15(20)7-5-14/h3-9,12,22-23H,10H2,1-2H3,(H,21,24)/t12-/m0/s1. The Kier molecular flexibility index (Phi) is 4.36. The number of hydrogen-bond donors (Lipinski definition) is 3. The molecule has 0 saturated carbocycles. The van der Waals surface area contributed by atoms with E-state index < -0.39 is 12.0 Å². The van der Waals surface area contributed by atoms with Crippen LogP contribution in [-0.4, -0.2) is 22.1 Å². The second-order valence-corrected chi connectivity index (χ2v) is 5.91. The smallest absolute Gasteiger partial charge is 0.248 e. The molecule has 0 unspecified atom stereocenters. The molecule has 0 fully saturated rings. The van der Waals surface area contributed by atoms with Crippen LogP contribution in [0.2, 0.25) is 0 Å². The van der Waals surface area contributed by atoms with Crippen molar-refractivity contribution in [3.05, 3.63) is 59.4 Å². The van der Waals surface area contributed by atoms with E-state index in [1.807, 2.05) is 25.1 Å². The number of nitrogens with one attached hydrogen (secondary N) is 2. The van der Waals surface area contributed by atoms with Crippen LogP contribution in [0.4, 0.5) is 4.39 Å². The van der Waals surface area contributed by atoms with Crippen LogP contribution >= 0.6 is 0 Å². The first kappa shape index (κ1) is 16.2. The highest BCUT2D eigenvalue weighted by Gasteiger charge is 2.11. The normalized spacial score (nSPS) is 12.3. The fourth-order valence-corrected chi connectivity index (χ4v) is 2.73. The van der Waals surface area contributed by atoms with Gasteiger partial charge in [0.05, 0.1) is 0 Å². The first-order valence-electron chi connectivity index (χ1n) is 7.78. The van der Waals surface area contributed by atoms with Crippen molar-refractivity contribution in [3.8, 4) is 11.3 Å². The maximum atomic E-state index is 13.1. The SMILES string of the molecule is Cc1c(-c2ccc(F)cc2)[nH]c2ccc(CNC(=O)[C@H](C)O)cc12. The third-order valence-electron chi connectivity index (χ3n) is 4.10. The zero-order valence-corrected chi connectivity index (χ0v) is 13.6. The lowest BCUT2D eigenvalue weighted by Gasteiger charge is -2.07. The summed E-state index contributed by atoms with van der Waals surface area (Å²) in [7, 11) is 0. The van der Waals surface area contributed by atoms with Crippen molar-refractivity contribution in [2.24, 2.45) is 0 Å². The summed E-state index contributed by atoms with van der Waals surface area (Å²) in [5, 5.41) is 13.0. The molecule has 3 aromatic rings. The van der Waals surface area contributed by atoms with Crippen molar-refractivity contribution in [2.75, 3.05) is 0 Å². The molecule has 0 spiro atoms. The van der Waals surface area contributed by atoms with E-state index in [9.17, 15) is 14.3 Å². The Labute approximate surface area is 139 Å². The fraction of sp³-hybridized carbons (Fsp3) is 0.211. The van der Waals surface area contributed by atoms with Gasteiger partial charge in [0.25, 0.3) is 0 Å². The number of benzene rings is 2. The molecule has 1 aromatic heterocycles. The fourth-order valence-electron chi connectivity index (χ4n) is 2.73. The van der Waals surface area contributed by atoms with Crippen LogP contribution in [0.25, 0.3) is 22.2 Å². The second kappa shape index (κ2) is 6.45. The van der Waals surface area contributed by atoms with Crippen molar-refractivity contribution in [3.63, 3.8) is 0 Å². The minimum atomic E-state index is -1.02. The summed E-state index contributed by atoms with van der Waals surface area (Å²) in [6.07, 6.45) is -1.02. The summed E-state index contributed by atoms with van der Waals surface area (Å²) in [6.45, 7) is 3.80. The van der Waals surface area contributed by atoms with Crippen LogP contribution in [0.1, 0.15) is 18.1 Å². The zero-order chi connectivity index (χ0) is 17.3. The highest BCUT2D eigenvalue weighted by atomic mass is 19.1. The third kappa shape index (κ3) is 3.16. The number of fused-ring (bicyclic) bond motifs is 1. The molecule has 0 saturated heterocycles. The Balaban J connectivity index is 1.91. The van der Waals surface area contributed by atoms with E-state index in [1.165, 1.54) is 19.1 Å². The Bertz CT molecular complexity index is 882. The van der Waals surface area contributed by atoms with Crippen LogP contribution in [0.5, 0.6) is 0 Å². The molecule has 0 aliphatic heterocycles. The van der Waals surface area contributed by atoms with Crippen LogP contribution in [0.3, 0.4) is 0 Å². The molecule has 0 aliphatic rings. The van der Waals surface area contributed by atoms with Gasteiger partial charge in [0.15, 0.2) is 0 Å². The molecular weight excluding hydrogens is 307 g/mol. The van der Waals surface area contributed by atoms with Gasteiger partial charge in [0.1, 0.15) is 11.9 Å². The number of aryl methyl sites for hydroxylation is 1. The number of rotatable bonds is 4. The van der Waals surface area contributed by atoms with Crippen molar-refractivity contribution >= 4 is 16.8 Å². The topological polar surface area (TPSA) is 65.1 Å². The predicted octanol–water partition coefficient (Wildman–Crippen LogP) is 3.28. The number of aliphatic hydroxyl groups excluding tert-OH is 1. The van der Waals surface area contributed by atoms with Gasteiger partial charge in [0, 0.05) is 23.1 Å². The first-order valence-corrected chi connectivity index (χ1v) is 7.78. The van der Waals surface area contributed by atoms with Gasteiger partial charge in [-0.3, -0.25) is 4.79 Å².